The van der Waals surface area contributed by atoms with Crippen LogP contribution in [0, 0.1) is 5.92 Å². The number of fused-ring (bicyclic) bond motifs is 1. The highest BCUT2D eigenvalue weighted by atomic mass is 16.5. The van der Waals surface area contributed by atoms with E-state index >= 15 is 0 Å². The summed E-state index contributed by atoms with van der Waals surface area (Å²) in [4.78, 5) is 27.8. The Kier molecular flexibility index (Phi) is 4.35. The summed E-state index contributed by atoms with van der Waals surface area (Å²) < 4.78 is 5.14. The number of aryl methyl sites for hydroxylation is 1. The largest absolute Gasteiger partial charge is 0.481 e. The number of hydrogen-bond acceptors (Lipinski definition) is 5. The molecule has 7 heteroatoms. The summed E-state index contributed by atoms with van der Waals surface area (Å²) in [6, 6.07) is 7.77. The number of pyridine rings is 1. The van der Waals surface area contributed by atoms with Crippen molar-refractivity contribution in [1.29, 1.82) is 0 Å². The van der Waals surface area contributed by atoms with Crippen molar-refractivity contribution in [3.63, 3.8) is 0 Å². The molecular formula is C20H20N4O3. The molecule has 1 aromatic heterocycles. The number of rotatable bonds is 3. The maximum absolute atomic E-state index is 12.0. The first-order valence-electron chi connectivity index (χ1n) is 8.89. The van der Waals surface area contributed by atoms with E-state index in [2.05, 4.69) is 26.9 Å². The Morgan fingerprint density at radius 1 is 1.11 bits per heavy atom. The molecule has 0 fully saturated rings. The van der Waals surface area contributed by atoms with Gasteiger partial charge in [-0.3, -0.25) is 9.59 Å². The van der Waals surface area contributed by atoms with Gasteiger partial charge in [-0.15, -0.1) is 0 Å². The zero-order valence-corrected chi connectivity index (χ0v) is 15.2. The van der Waals surface area contributed by atoms with Crippen molar-refractivity contribution in [2.45, 2.75) is 26.2 Å². The molecule has 0 spiro atoms. The molecule has 1 unspecified atom stereocenters. The van der Waals surface area contributed by atoms with Crippen LogP contribution in [0.3, 0.4) is 0 Å². The molecule has 27 heavy (non-hydrogen) atoms. The first-order valence-corrected chi connectivity index (χ1v) is 8.89. The number of hydrogen-bond donors (Lipinski definition) is 2. The first-order chi connectivity index (χ1) is 13.0. The van der Waals surface area contributed by atoms with Crippen LogP contribution < -0.4 is 15.5 Å². The summed E-state index contributed by atoms with van der Waals surface area (Å²) in [5.41, 5.74) is 8.00. The van der Waals surface area contributed by atoms with E-state index in [1.165, 1.54) is 0 Å². The summed E-state index contributed by atoms with van der Waals surface area (Å²) in [6.45, 7) is 1.99. The minimum Gasteiger partial charge on any atom is -0.481 e. The summed E-state index contributed by atoms with van der Waals surface area (Å²) >= 11 is 0. The summed E-state index contributed by atoms with van der Waals surface area (Å²) in [6.07, 6.45) is 3.26. The average molecular weight is 364 g/mol. The van der Waals surface area contributed by atoms with Crippen molar-refractivity contribution in [2.24, 2.45) is 11.0 Å². The quantitative estimate of drug-likeness (QED) is 0.875. The number of carbonyl (C=O) groups excluding carboxylic acids is 2. The van der Waals surface area contributed by atoms with E-state index in [9.17, 15) is 9.59 Å². The number of carbonyl (C=O) groups is 2. The molecule has 0 saturated heterocycles. The maximum Gasteiger partial charge on any atom is 0.240 e. The molecule has 2 aromatic rings. The van der Waals surface area contributed by atoms with E-state index < -0.39 is 0 Å². The van der Waals surface area contributed by atoms with Crippen LogP contribution in [0.15, 0.2) is 35.6 Å². The van der Waals surface area contributed by atoms with Crippen LogP contribution >= 0.6 is 0 Å². The number of ether oxygens (including phenoxy) is 1. The van der Waals surface area contributed by atoms with Crippen molar-refractivity contribution >= 4 is 23.2 Å². The van der Waals surface area contributed by atoms with E-state index in [1.807, 2.05) is 19.1 Å². The van der Waals surface area contributed by atoms with Gasteiger partial charge in [-0.05, 0) is 35.7 Å². The second-order valence-electron chi connectivity index (χ2n) is 6.83. The molecule has 2 aliphatic rings. The third kappa shape index (κ3) is 3.28. The molecule has 0 bridgehead atoms. The van der Waals surface area contributed by atoms with Crippen molar-refractivity contribution in [3.8, 4) is 17.0 Å². The fraction of sp³-hybridized carbons (Fsp3) is 0.300. The molecule has 2 aliphatic heterocycles. The fourth-order valence-electron chi connectivity index (χ4n) is 3.54. The predicted octanol–water partition coefficient (Wildman–Crippen LogP) is 2.50. The van der Waals surface area contributed by atoms with Gasteiger partial charge in [-0.25, -0.2) is 10.4 Å². The molecule has 1 aromatic carbocycles. The number of benzene rings is 1. The first kappa shape index (κ1) is 17.2. The van der Waals surface area contributed by atoms with Crippen LogP contribution in [-0.2, 0) is 16.0 Å². The van der Waals surface area contributed by atoms with Crippen LogP contribution in [0.1, 0.15) is 30.9 Å². The van der Waals surface area contributed by atoms with E-state index in [0.29, 0.717) is 25.1 Å². The number of nitrogens with zero attached hydrogens (tertiary/aromatic N) is 2. The lowest BCUT2D eigenvalue weighted by Crippen LogP contribution is -2.32. The lowest BCUT2D eigenvalue weighted by Gasteiger charge is -2.24. The lowest BCUT2D eigenvalue weighted by atomic mass is 9.87. The van der Waals surface area contributed by atoms with Gasteiger partial charge in [0.15, 0.2) is 0 Å². The van der Waals surface area contributed by atoms with Crippen molar-refractivity contribution in [2.75, 3.05) is 12.4 Å². The Morgan fingerprint density at radius 3 is 2.67 bits per heavy atom. The SMILES string of the molecule is COc1ccc(-c2cc(C3=NNC(=O)CC3C)cc3c2NC(=O)CC3)cn1. The van der Waals surface area contributed by atoms with Gasteiger partial charge in [0.1, 0.15) is 0 Å². The van der Waals surface area contributed by atoms with Gasteiger partial charge in [-0.2, -0.15) is 5.10 Å². The predicted molar refractivity (Wildman–Crippen MR) is 102 cm³/mol. The lowest BCUT2D eigenvalue weighted by molar-refractivity contribution is -0.122. The fourth-order valence-corrected chi connectivity index (χ4v) is 3.54. The van der Waals surface area contributed by atoms with Gasteiger partial charge >= 0.3 is 0 Å². The monoisotopic (exact) mass is 364 g/mol. The number of aromatic nitrogens is 1. The zero-order chi connectivity index (χ0) is 19.0. The minimum absolute atomic E-state index is 0.00797. The van der Waals surface area contributed by atoms with Crippen LogP contribution in [0.4, 0.5) is 5.69 Å². The van der Waals surface area contributed by atoms with E-state index in [1.54, 1.807) is 19.4 Å². The van der Waals surface area contributed by atoms with Gasteiger partial charge < -0.3 is 10.1 Å². The smallest absolute Gasteiger partial charge is 0.240 e. The number of nitrogens with one attached hydrogen (secondary N) is 2. The van der Waals surface area contributed by atoms with Gasteiger partial charge in [0.2, 0.25) is 17.7 Å². The minimum atomic E-state index is -0.0731. The van der Waals surface area contributed by atoms with Gasteiger partial charge in [0.05, 0.1) is 18.5 Å². The van der Waals surface area contributed by atoms with Crippen LogP contribution in [0.25, 0.3) is 11.1 Å². The third-order valence-electron chi connectivity index (χ3n) is 4.92. The average Bonchev–Trinajstić information content (AvgIpc) is 2.67. The maximum atomic E-state index is 12.0. The molecule has 3 heterocycles. The second-order valence-corrected chi connectivity index (χ2v) is 6.83. The van der Waals surface area contributed by atoms with Crippen molar-refractivity contribution in [3.05, 3.63) is 41.6 Å². The molecule has 2 N–H and O–H groups in total. The second kappa shape index (κ2) is 6.83. The molecule has 1 atom stereocenters. The zero-order valence-electron chi connectivity index (χ0n) is 15.2. The third-order valence-corrected chi connectivity index (χ3v) is 4.92. The summed E-state index contributed by atoms with van der Waals surface area (Å²) in [5, 5.41) is 7.28. The number of anilines is 1. The highest BCUT2D eigenvalue weighted by Gasteiger charge is 2.25. The summed E-state index contributed by atoms with van der Waals surface area (Å²) in [7, 11) is 1.57. The molecule has 2 amide bonds. The van der Waals surface area contributed by atoms with Crippen molar-refractivity contribution in [1.82, 2.24) is 10.4 Å². The Labute approximate surface area is 156 Å². The van der Waals surface area contributed by atoms with E-state index in [0.717, 1.165) is 33.7 Å². The summed E-state index contributed by atoms with van der Waals surface area (Å²) in [5.74, 6) is 0.488. The molecular weight excluding hydrogens is 344 g/mol. The Hall–Kier alpha value is -3.22. The molecule has 138 valence electrons. The number of methoxy groups -OCH3 is 1. The molecule has 0 saturated carbocycles. The topological polar surface area (TPSA) is 92.7 Å². The molecule has 0 aliphatic carbocycles. The Balaban J connectivity index is 1.85. The number of amides is 2. The molecule has 7 nitrogen and oxygen atoms in total. The molecule has 4 rings (SSSR count). The van der Waals surface area contributed by atoms with Gasteiger partial charge in [0.25, 0.3) is 0 Å². The van der Waals surface area contributed by atoms with E-state index in [-0.39, 0.29) is 17.7 Å². The van der Waals surface area contributed by atoms with Crippen LogP contribution in [0.5, 0.6) is 5.88 Å². The van der Waals surface area contributed by atoms with E-state index in [4.69, 9.17) is 4.74 Å². The highest BCUT2D eigenvalue weighted by molar-refractivity contribution is 6.08. The normalized spacial score (nSPS) is 18.9. The Morgan fingerprint density at radius 2 is 1.96 bits per heavy atom. The van der Waals surface area contributed by atoms with Gasteiger partial charge in [0, 0.05) is 42.1 Å². The van der Waals surface area contributed by atoms with Gasteiger partial charge in [-0.1, -0.05) is 6.92 Å². The number of hydrazone groups is 1. The standard InChI is InChI=1S/C20H20N4O3/c1-11-7-17(26)23-24-19(11)14-8-12-3-5-16(25)22-20(12)15(9-14)13-4-6-18(27-2)21-10-13/h4,6,8-11H,3,5,7H2,1-2H3,(H,22,25)(H,23,26). The Bertz CT molecular complexity index is 950. The van der Waals surface area contributed by atoms with Crippen LogP contribution in [-0.4, -0.2) is 29.6 Å². The molecule has 0 radical (unpaired) electrons. The highest BCUT2D eigenvalue weighted by Crippen LogP contribution is 2.36. The van der Waals surface area contributed by atoms with Crippen LogP contribution in [0.2, 0.25) is 0 Å². The van der Waals surface area contributed by atoms with Crippen molar-refractivity contribution < 1.29 is 14.3 Å².